The normalized spacial score (nSPS) is 17.1. The van der Waals surface area contributed by atoms with Crippen LogP contribution in [0.2, 0.25) is 0 Å². The van der Waals surface area contributed by atoms with Crippen LogP contribution in [0.15, 0.2) is 116 Å². The van der Waals surface area contributed by atoms with E-state index in [0.29, 0.717) is 18.7 Å². The molecular weight excluding hydrogens is 542 g/mol. The molecule has 7 heteroatoms. The van der Waals surface area contributed by atoms with Gasteiger partial charge in [-0.1, -0.05) is 91.0 Å². The van der Waals surface area contributed by atoms with Crippen LogP contribution in [0.25, 0.3) is 0 Å². The number of ether oxygens (including phenoxy) is 1. The number of carbonyl (C=O) groups excluding carboxylic acids is 2. The summed E-state index contributed by atoms with van der Waals surface area (Å²) in [6.45, 7) is 6.44. The van der Waals surface area contributed by atoms with Crippen molar-refractivity contribution in [2.24, 2.45) is 0 Å². The summed E-state index contributed by atoms with van der Waals surface area (Å²) in [5.74, 6) is -0.219. The first-order valence-electron chi connectivity index (χ1n) is 14.3. The van der Waals surface area contributed by atoms with Crippen molar-refractivity contribution in [2.45, 2.75) is 48.8 Å². The molecule has 0 saturated carbocycles. The van der Waals surface area contributed by atoms with Gasteiger partial charge in [0.2, 0.25) is 0 Å². The van der Waals surface area contributed by atoms with Gasteiger partial charge in [-0.05, 0) is 56.0 Å². The van der Waals surface area contributed by atoms with E-state index >= 15 is 0 Å². The monoisotopic (exact) mass is 579 g/mol. The number of pyridine rings is 1. The van der Waals surface area contributed by atoms with Gasteiger partial charge in [-0.3, -0.25) is 9.78 Å². The fourth-order valence-corrected chi connectivity index (χ4v) is 7.39. The first-order valence-corrected chi connectivity index (χ1v) is 15.2. The van der Waals surface area contributed by atoms with Crippen molar-refractivity contribution in [3.05, 3.63) is 138 Å². The van der Waals surface area contributed by atoms with E-state index in [9.17, 15) is 9.59 Å². The highest BCUT2D eigenvalue weighted by atomic mass is 32.2. The van der Waals surface area contributed by atoms with E-state index in [4.69, 9.17) is 4.74 Å². The van der Waals surface area contributed by atoms with Crippen molar-refractivity contribution in [1.29, 1.82) is 0 Å². The van der Waals surface area contributed by atoms with Gasteiger partial charge < -0.3 is 15.0 Å². The number of hydrogen-bond donors (Lipinski definition) is 1. The van der Waals surface area contributed by atoms with Crippen LogP contribution in [0.5, 0.6) is 0 Å². The molecule has 1 aliphatic heterocycles. The first kappa shape index (κ1) is 29.4. The van der Waals surface area contributed by atoms with E-state index in [-0.39, 0.29) is 23.3 Å². The zero-order valence-corrected chi connectivity index (χ0v) is 25.1. The molecule has 42 heavy (non-hydrogen) atoms. The lowest BCUT2D eigenvalue weighted by Gasteiger charge is -2.39. The summed E-state index contributed by atoms with van der Waals surface area (Å²) >= 11 is 1.84. The zero-order chi connectivity index (χ0) is 29.6. The third-order valence-electron chi connectivity index (χ3n) is 7.38. The number of aromatic nitrogens is 1. The predicted octanol–water partition coefficient (Wildman–Crippen LogP) is 6.91. The molecule has 0 radical (unpaired) electrons. The molecular formula is C35H37N3O3S. The Kier molecular flexibility index (Phi) is 8.97. The molecule has 5 rings (SSSR count). The van der Waals surface area contributed by atoms with Gasteiger partial charge in [-0.15, -0.1) is 11.8 Å². The van der Waals surface area contributed by atoms with E-state index in [0.717, 1.165) is 23.1 Å². The van der Waals surface area contributed by atoms with Crippen molar-refractivity contribution in [2.75, 3.05) is 13.1 Å². The SMILES string of the molecule is CC(C)(C)OC(=O)N1CC[C@H](SC(c2ccccc2)(c2ccccc2)c2ccccc2)[C@@H]1CNC(=O)c1cccnc1. The van der Waals surface area contributed by atoms with Crippen LogP contribution in [-0.4, -0.2) is 51.9 Å². The highest BCUT2D eigenvalue weighted by Gasteiger charge is 2.46. The van der Waals surface area contributed by atoms with Gasteiger partial charge in [0.05, 0.1) is 16.4 Å². The highest BCUT2D eigenvalue weighted by Crippen LogP contribution is 2.52. The van der Waals surface area contributed by atoms with E-state index in [1.807, 2.05) is 50.7 Å². The molecule has 2 atom stereocenters. The van der Waals surface area contributed by atoms with Gasteiger partial charge >= 0.3 is 6.09 Å². The van der Waals surface area contributed by atoms with E-state index in [2.05, 4.69) is 83.1 Å². The number of amides is 2. The van der Waals surface area contributed by atoms with Gasteiger partial charge in [0.1, 0.15) is 5.60 Å². The van der Waals surface area contributed by atoms with Gasteiger partial charge in [0, 0.05) is 30.7 Å². The zero-order valence-electron chi connectivity index (χ0n) is 24.3. The largest absolute Gasteiger partial charge is 0.444 e. The lowest BCUT2D eigenvalue weighted by molar-refractivity contribution is 0.0226. The Bertz CT molecular complexity index is 1360. The average molecular weight is 580 g/mol. The van der Waals surface area contributed by atoms with Crippen LogP contribution in [0, 0.1) is 0 Å². The maximum absolute atomic E-state index is 13.5. The molecule has 216 valence electrons. The Balaban J connectivity index is 1.55. The third kappa shape index (κ3) is 6.52. The number of hydrogen-bond acceptors (Lipinski definition) is 5. The second kappa shape index (κ2) is 12.8. The number of nitrogens with zero attached hydrogens (tertiary/aromatic N) is 2. The fraction of sp³-hybridized carbons (Fsp3) is 0.286. The van der Waals surface area contributed by atoms with Crippen molar-refractivity contribution in [1.82, 2.24) is 15.2 Å². The minimum Gasteiger partial charge on any atom is -0.444 e. The molecule has 0 unspecified atom stereocenters. The molecule has 2 amide bonds. The Morgan fingerprint density at radius 3 is 1.88 bits per heavy atom. The summed E-state index contributed by atoms with van der Waals surface area (Å²) in [4.78, 5) is 32.4. The van der Waals surface area contributed by atoms with Gasteiger partial charge in [0.15, 0.2) is 0 Å². The van der Waals surface area contributed by atoms with Crippen molar-refractivity contribution in [3.8, 4) is 0 Å². The molecule has 0 spiro atoms. The molecule has 1 saturated heterocycles. The summed E-state index contributed by atoms with van der Waals surface area (Å²) in [6.07, 6.45) is 3.58. The molecule has 1 aliphatic rings. The number of benzene rings is 3. The highest BCUT2D eigenvalue weighted by molar-refractivity contribution is 8.01. The fourth-order valence-electron chi connectivity index (χ4n) is 5.50. The molecule has 0 bridgehead atoms. The Hall–Kier alpha value is -4.10. The summed E-state index contributed by atoms with van der Waals surface area (Å²) < 4.78 is 5.28. The van der Waals surface area contributed by atoms with Crippen LogP contribution < -0.4 is 5.32 Å². The lowest BCUT2D eigenvalue weighted by Crippen LogP contribution is -2.48. The molecule has 3 aromatic carbocycles. The molecule has 1 aromatic heterocycles. The van der Waals surface area contributed by atoms with E-state index in [1.54, 1.807) is 29.4 Å². The number of rotatable bonds is 8. The third-order valence-corrected chi connectivity index (χ3v) is 9.29. The summed E-state index contributed by atoms with van der Waals surface area (Å²) in [5.41, 5.74) is 3.31. The molecule has 0 aliphatic carbocycles. The average Bonchev–Trinajstić information content (AvgIpc) is 3.42. The molecule has 1 fully saturated rings. The van der Waals surface area contributed by atoms with Crippen molar-refractivity contribution < 1.29 is 14.3 Å². The minimum atomic E-state index is -0.631. The van der Waals surface area contributed by atoms with Gasteiger partial charge in [-0.25, -0.2) is 4.79 Å². The maximum Gasteiger partial charge on any atom is 0.410 e. The molecule has 6 nitrogen and oxygen atoms in total. The topological polar surface area (TPSA) is 71.5 Å². The van der Waals surface area contributed by atoms with Crippen LogP contribution >= 0.6 is 11.8 Å². The van der Waals surface area contributed by atoms with Crippen molar-refractivity contribution >= 4 is 23.8 Å². The number of thioether (sulfide) groups is 1. The first-order chi connectivity index (χ1) is 20.3. The Morgan fingerprint density at radius 1 is 0.857 bits per heavy atom. The van der Waals surface area contributed by atoms with Crippen LogP contribution in [0.3, 0.4) is 0 Å². The summed E-state index contributed by atoms with van der Waals surface area (Å²) in [5, 5.41) is 3.07. The molecule has 1 N–H and O–H groups in total. The lowest BCUT2D eigenvalue weighted by atomic mass is 9.84. The van der Waals surface area contributed by atoms with Gasteiger partial charge in [0.25, 0.3) is 5.91 Å². The quantitative estimate of drug-likeness (QED) is 0.230. The number of nitrogens with one attached hydrogen (secondary N) is 1. The number of carbonyl (C=O) groups is 2. The predicted molar refractivity (Wildman–Crippen MR) is 169 cm³/mol. The minimum absolute atomic E-state index is 0.00710. The Morgan fingerprint density at radius 2 is 1.40 bits per heavy atom. The molecule has 2 heterocycles. The second-order valence-electron chi connectivity index (χ2n) is 11.4. The molecule has 4 aromatic rings. The smallest absolute Gasteiger partial charge is 0.410 e. The van der Waals surface area contributed by atoms with Crippen LogP contribution in [0.4, 0.5) is 4.79 Å². The summed E-state index contributed by atoms with van der Waals surface area (Å²) in [6, 6.07) is 34.8. The summed E-state index contributed by atoms with van der Waals surface area (Å²) in [7, 11) is 0. The standard InChI is InChI=1S/C35H37N3O3S/c1-34(2,3)41-33(40)38-23-21-31(30(38)25-37-32(39)26-14-13-22-36-24-26)42-35(27-15-7-4-8-16-27,28-17-9-5-10-18-28)29-19-11-6-12-20-29/h4-20,22,24,30-31H,21,23,25H2,1-3H3,(H,37,39)/t30-,31-/m0/s1. The van der Waals surface area contributed by atoms with Crippen LogP contribution in [-0.2, 0) is 9.48 Å². The van der Waals surface area contributed by atoms with Gasteiger partial charge in [-0.2, -0.15) is 0 Å². The second-order valence-corrected chi connectivity index (χ2v) is 12.9. The van der Waals surface area contributed by atoms with Crippen LogP contribution in [0.1, 0.15) is 54.2 Å². The van der Waals surface area contributed by atoms with E-state index < -0.39 is 10.3 Å². The van der Waals surface area contributed by atoms with Crippen molar-refractivity contribution in [3.63, 3.8) is 0 Å². The maximum atomic E-state index is 13.5. The Labute approximate surface area is 252 Å². The van der Waals surface area contributed by atoms with E-state index in [1.165, 1.54) is 0 Å². The number of likely N-dealkylation sites (tertiary alicyclic amines) is 1.